The minimum atomic E-state index is -4.06. The van der Waals surface area contributed by atoms with Gasteiger partial charge in [0.05, 0.1) is 13.1 Å². The maximum Gasteiger partial charge on any atom is 0.376 e. The van der Waals surface area contributed by atoms with E-state index >= 15 is 0 Å². The third-order valence-corrected chi connectivity index (χ3v) is 6.71. The Morgan fingerprint density at radius 2 is 1.55 bits per heavy atom. The van der Waals surface area contributed by atoms with Crippen molar-refractivity contribution in [1.82, 2.24) is 10.6 Å². The van der Waals surface area contributed by atoms with Crippen LogP contribution in [0.2, 0.25) is 0 Å². The number of allylic oxidation sites excluding steroid dienone is 2. The smallest absolute Gasteiger partial charge is 0.376 e. The number of nitrogens with zero attached hydrogens (tertiary/aromatic N) is 1. The molecule has 3 aromatic rings. The van der Waals surface area contributed by atoms with Gasteiger partial charge in [0.15, 0.2) is 0 Å². The Morgan fingerprint density at radius 1 is 0.850 bits per heavy atom. The van der Waals surface area contributed by atoms with Crippen LogP contribution in [-0.4, -0.2) is 35.5 Å². The Labute approximate surface area is 231 Å². The quantitative estimate of drug-likeness (QED) is 0.290. The van der Waals surface area contributed by atoms with Crippen molar-refractivity contribution in [3.05, 3.63) is 107 Å². The number of carbonyl (C=O) groups excluding carboxylic acids is 2. The maximum atomic E-state index is 13.3. The van der Waals surface area contributed by atoms with Crippen LogP contribution < -0.4 is 15.5 Å². The minimum Gasteiger partial charge on any atom is -0.477 e. The molecule has 0 unspecified atom stereocenters. The maximum absolute atomic E-state index is 13.3. The van der Waals surface area contributed by atoms with Gasteiger partial charge in [-0.2, -0.15) is 8.78 Å². The summed E-state index contributed by atoms with van der Waals surface area (Å²) in [6.45, 7) is -0.770. The number of anilines is 1. The van der Waals surface area contributed by atoms with Crippen LogP contribution in [0.3, 0.4) is 0 Å². The number of nitrogens with one attached hydrogen (secondary N) is 2. The number of aliphatic carboxylic acids is 1. The SMILES string of the molecule is O=C(NCC(F)(F)C(=O)O)c1ccc(CN(C(=O)NCc2ccccc2)c2ccc(C3=CCCCC3)cc2)cc1. The number of carboxylic acid groups (broad SMARTS) is 1. The fraction of sp³-hybridized carbons (Fsp3) is 0.258. The van der Waals surface area contributed by atoms with Gasteiger partial charge >= 0.3 is 17.9 Å². The number of carboxylic acids is 1. The van der Waals surface area contributed by atoms with Crippen molar-refractivity contribution < 1.29 is 28.3 Å². The molecule has 0 heterocycles. The average Bonchev–Trinajstić information content (AvgIpc) is 2.99. The zero-order chi connectivity index (χ0) is 28.5. The molecule has 0 aromatic heterocycles. The highest BCUT2D eigenvalue weighted by atomic mass is 19.3. The fourth-order valence-corrected chi connectivity index (χ4v) is 4.42. The fourth-order valence-electron chi connectivity index (χ4n) is 4.42. The second-order valence-electron chi connectivity index (χ2n) is 9.64. The van der Waals surface area contributed by atoms with Crippen molar-refractivity contribution in [3.8, 4) is 0 Å². The average molecular weight is 548 g/mol. The Morgan fingerprint density at radius 3 is 2.17 bits per heavy atom. The molecule has 0 saturated carbocycles. The van der Waals surface area contributed by atoms with Gasteiger partial charge in [0.2, 0.25) is 0 Å². The summed E-state index contributed by atoms with van der Waals surface area (Å²) in [6, 6.07) is 23.3. The molecule has 0 bridgehead atoms. The lowest BCUT2D eigenvalue weighted by atomic mass is 9.93. The van der Waals surface area contributed by atoms with Crippen molar-refractivity contribution in [3.63, 3.8) is 0 Å². The number of alkyl halides is 2. The highest BCUT2D eigenvalue weighted by Gasteiger charge is 2.39. The molecule has 1 aliphatic rings. The van der Waals surface area contributed by atoms with E-state index in [-0.39, 0.29) is 18.1 Å². The molecule has 0 saturated heterocycles. The predicted molar refractivity (Wildman–Crippen MR) is 149 cm³/mol. The largest absolute Gasteiger partial charge is 0.477 e. The molecular weight excluding hydrogens is 516 g/mol. The highest BCUT2D eigenvalue weighted by molar-refractivity contribution is 5.95. The van der Waals surface area contributed by atoms with Crippen LogP contribution in [-0.2, 0) is 17.9 Å². The first-order valence-corrected chi connectivity index (χ1v) is 13.1. The molecule has 3 amide bonds. The summed E-state index contributed by atoms with van der Waals surface area (Å²) in [5, 5.41) is 13.4. The lowest BCUT2D eigenvalue weighted by Gasteiger charge is -2.24. The number of benzene rings is 3. The summed E-state index contributed by atoms with van der Waals surface area (Å²) in [5.74, 6) is -7.19. The summed E-state index contributed by atoms with van der Waals surface area (Å²) >= 11 is 0. The van der Waals surface area contributed by atoms with E-state index in [9.17, 15) is 23.2 Å². The van der Waals surface area contributed by atoms with Gasteiger partial charge in [-0.05, 0) is 72.2 Å². The lowest BCUT2D eigenvalue weighted by Crippen LogP contribution is -2.42. The van der Waals surface area contributed by atoms with Crippen LogP contribution in [0.25, 0.3) is 5.57 Å². The normalized spacial score (nSPS) is 13.2. The minimum absolute atomic E-state index is 0.0927. The Kier molecular flexibility index (Phi) is 9.27. The van der Waals surface area contributed by atoms with Gasteiger partial charge in [-0.3, -0.25) is 9.69 Å². The van der Waals surface area contributed by atoms with Crippen molar-refractivity contribution in [1.29, 1.82) is 0 Å². The number of carbonyl (C=O) groups is 3. The monoisotopic (exact) mass is 547 g/mol. The van der Waals surface area contributed by atoms with E-state index in [1.165, 1.54) is 24.1 Å². The zero-order valence-electron chi connectivity index (χ0n) is 21.9. The van der Waals surface area contributed by atoms with Gasteiger partial charge in [0.1, 0.15) is 0 Å². The summed E-state index contributed by atoms with van der Waals surface area (Å²) in [5.41, 5.74) is 4.91. The molecule has 4 rings (SSSR count). The highest BCUT2D eigenvalue weighted by Crippen LogP contribution is 2.28. The van der Waals surface area contributed by atoms with Crippen LogP contribution in [0, 0.1) is 0 Å². The predicted octanol–water partition coefficient (Wildman–Crippen LogP) is 6.01. The van der Waals surface area contributed by atoms with E-state index in [1.807, 2.05) is 59.9 Å². The number of amides is 3. The molecule has 3 N–H and O–H groups in total. The number of urea groups is 1. The Balaban J connectivity index is 1.49. The van der Waals surface area contributed by atoms with Gasteiger partial charge in [0, 0.05) is 17.8 Å². The number of rotatable bonds is 10. The molecule has 0 radical (unpaired) electrons. The summed E-state index contributed by atoms with van der Waals surface area (Å²) in [4.78, 5) is 37.8. The van der Waals surface area contributed by atoms with Gasteiger partial charge < -0.3 is 15.7 Å². The van der Waals surface area contributed by atoms with Crippen LogP contribution >= 0.6 is 0 Å². The standard InChI is InChI=1S/C31H31F2N3O4/c32-31(33,29(38)39)21-35-28(37)26-13-11-23(12-14-26)20-36(30(40)34-19-22-7-3-1-4-8-22)27-17-15-25(16-18-27)24-9-5-2-6-10-24/h1,3-4,7-9,11-18H,2,5-6,10,19-21H2,(H,34,40)(H,35,37)(H,38,39). The number of hydrogen-bond acceptors (Lipinski definition) is 3. The molecule has 0 fully saturated rings. The van der Waals surface area contributed by atoms with Gasteiger partial charge in [-0.15, -0.1) is 0 Å². The molecule has 1 aliphatic carbocycles. The summed E-state index contributed by atoms with van der Waals surface area (Å²) in [6.07, 6.45) is 6.74. The van der Waals surface area contributed by atoms with Crippen molar-refractivity contribution >= 4 is 29.2 Å². The molecule has 9 heteroatoms. The van der Waals surface area contributed by atoms with Crippen molar-refractivity contribution in [2.24, 2.45) is 0 Å². The van der Waals surface area contributed by atoms with E-state index < -0.39 is 24.3 Å². The van der Waals surface area contributed by atoms with E-state index in [0.29, 0.717) is 17.8 Å². The van der Waals surface area contributed by atoms with E-state index in [2.05, 4.69) is 11.4 Å². The molecule has 0 aliphatic heterocycles. The molecule has 7 nitrogen and oxygen atoms in total. The van der Waals surface area contributed by atoms with Gasteiger partial charge in [-0.25, -0.2) is 9.59 Å². The Hall–Kier alpha value is -4.53. The van der Waals surface area contributed by atoms with Crippen molar-refractivity contribution in [2.75, 3.05) is 11.4 Å². The first-order valence-electron chi connectivity index (χ1n) is 13.1. The van der Waals surface area contributed by atoms with Gasteiger partial charge in [0.25, 0.3) is 5.91 Å². The zero-order valence-corrected chi connectivity index (χ0v) is 21.9. The third kappa shape index (κ3) is 7.53. The van der Waals surface area contributed by atoms with E-state index in [1.54, 1.807) is 17.0 Å². The van der Waals surface area contributed by atoms with Crippen LogP contribution in [0.1, 0.15) is 52.7 Å². The van der Waals surface area contributed by atoms with Crippen LogP contribution in [0.15, 0.2) is 84.9 Å². The third-order valence-electron chi connectivity index (χ3n) is 6.71. The molecule has 0 atom stereocenters. The lowest BCUT2D eigenvalue weighted by molar-refractivity contribution is -0.163. The second kappa shape index (κ2) is 13.0. The van der Waals surface area contributed by atoms with Crippen molar-refractivity contribution in [2.45, 2.75) is 44.7 Å². The summed E-state index contributed by atoms with van der Waals surface area (Å²) < 4.78 is 26.6. The molecule has 208 valence electrons. The Bertz CT molecular complexity index is 1360. The first-order chi connectivity index (χ1) is 19.2. The number of halogens is 2. The molecule has 40 heavy (non-hydrogen) atoms. The van der Waals surface area contributed by atoms with Crippen LogP contribution in [0.4, 0.5) is 19.3 Å². The molecule has 3 aromatic carbocycles. The molecular formula is C31H31F2N3O4. The first kappa shape index (κ1) is 28.5. The second-order valence-corrected chi connectivity index (χ2v) is 9.64. The topological polar surface area (TPSA) is 98.7 Å². The summed E-state index contributed by atoms with van der Waals surface area (Å²) in [7, 11) is 0. The van der Waals surface area contributed by atoms with Crippen LogP contribution in [0.5, 0.6) is 0 Å². The van der Waals surface area contributed by atoms with E-state index in [0.717, 1.165) is 30.4 Å². The molecule has 0 spiro atoms. The van der Waals surface area contributed by atoms with E-state index in [4.69, 9.17) is 5.11 Å². The number of hydrogen-bond donors (Lipinski definition) is 3. The van der Waals surface area contributed by atoms with Gasteiger partial charge in [-0.1, -0.05) is 60.7 Å².